The molecule has 1 aromatic heterocycles. The van der Waals surface area contributed by atoms with Crippen LogP contribution in [0.3, 0.4) is 0 Å². The van der Waals surface area contributed by atoms with Gasteiger partial charge < -0.3 is 4.74 Å². The average Bonchev–Trinajstić information content (AvgIpc) is 2.44. The van der Waals surface area contributed by atoms with Crippen molar-refractivity contribution in [1.29, 1.82) is 0 Å². The van der Waals surface area contributed by atoms with E-state index in [4.69, 9.17) is 34.8 Å². The van der Waals surface area contributed by atoms with Crippen LogP contribution in [0.4, 0.5) is 4.39 Å². The first-order valence-corrected chi connectivity index (χ1v) is 6.46. The van der Waals surface area contributed by atoms with Gasteiger partial charge in [-0.2, -0.15) is 4.39 Å². The van der Waals surface area contributed by atoms with Gasteiger partial charge in [0, 0.05) is 11.8 Å². The van der Waals surface area contributed by atoms with E-state index in [0.29, 0.717) is 5.56 Å². The minimum Gasteiger partial charge on any atom is -0.465 e. The van der Waals surface area contributed by atoms with E-state index in [-0.39, 0.29) is 26.2 Å². The van der Waals surface area contributed by atoms with E-state index in [2.05, 4.69) is 9.72 Å². The van der Waals surface area contributed by atoms with Crippen LogP contribution in [-0.4, -0.2) is 18.1 Å². The molecule has 0 saturated carbocycles. The molecular formula is C13H7Cl3FNO2. The average molecular weight is 335 g/mol. The minimum atomic E-state index is -0.757. The molecule has 0 fully saturated rings. The van der Waals surface area contributed by atoms with Crippen LogP contribution in [0.1, 0.15) is 10.4 Å². The van der Waals surface area contributed by atoms with E-state index in [0.717, 1.165) is 6.20 Å². The lowest BCUT2D eigenvalue weighted by Gasteiger charge is -2.08. The molecule has 1 aromatic carbocycles. The van der Waals surface area contributed by atoms with Gasteiger partial charge >= 0.3 is 5.97 Å². The predicted octanol–water partition coefficient (Wildman–Crippen LogP) is 4.63. The summed E-state index contributed by atoms with van der Waals surface area (Å²) < 4.78 is 18.4. The fourth-order valence-corrected chi connectivity index (χ4v) is 2.19. The molecular weight excluding hydrogens is 328 g/mol. The van der Waals surface area contributed by atoms with Crippen molar-refractivity contribution in [3.05, 3.63) is 51.0 Å². The largest absolute Gasteiger partial charge is 0.465 e. The van der Waals surface area contributed by atoms with Crippen LogP contribution in [-0.2, 0) is 4.74 Å². The molecule has 0 radical (unpaired) electrons. The molecule has 0 unspecified atom stereocenters. The zero-order valence-corrected chi connectivity index (χ0v) is 12.4. The van der Waals surface area contributed by atoms with Gasteiger partial charge in [-0.05, 0) is 23.8 Å². The lowest BCUT2D eigenvalue weighted by Crippen LogP contribution is -2.03. The van der Waals surface area contributed by atoms with Crippen molar-refractivity contribution in [2.45, 2.75) is 0 Å². The van der Waals surface area contributed by atoms with Crippen LogP contribution >= 0.6 is 34.8 Å². The first kappa shape index (κ1) is 15.0. The maximum Gasteiger partial charge on any atom is 0.339 e. The van der Waals surface area contributed by atoms with Gasteiger partial charge in [0.1, 0.15) is 0 Å². The van der Waals surface area contributed by atoms with Crippen molar-refractivity contribution in [3.63, 3.8) is 0 Å². The van der Waals surface area contributed by atoms with Gasteiger partial charge in [0.2, 0.25) is 5.95 Å². The van der Waals surface area contributed by atoms with Crippen molar-refractivity contribution in [1.82, 2.24) is 4.98 Å². The fourth-order valence-electron chi connectivity index (χ4n) is 1.59. The number of carbonyl (C=O) groups excluding carboxylic acids is 1. The highest BCUT2D eigenvalue weighted by Gasteiger charge is 2.15. The zero-order chi connectivity index (χ0) is 14.9. The molecule has 0 N–H and O–H groups in total. The molecule has 0 saturated heterocycles. The standard InChI is InChI=1S/C13H7Cl3FNO2/c1-20-13(19)7-2-8(12(17)18-5-7)6-3-9(14)11(16)10(15)4-6/h2-5H,1H3. The van der Waals surface area contributed by atoms with Gasteiger partial charge in [-0.15, -0.1) is 0 Å². The summed E-state index contributed by atoms with van der Waals surface area (Å²) in [5, 5.41) is 0.531. The molecule has 2 aromatic rings. The second-order valence-electron chi connectivity index (χ2n) is 3.81. The molecule has 2 rings (SSSR count). The molecule has 104 valence electrons. The third kappa shape index (κ3) is 2.87. The van der Waals surface area contributed by atoms with Crippen molar-refractivity contribution >= 4 is 40.8 Å². The Bertz CT molecular complexity index is 668. The summed E-state index contributed by atoms with van der Waals surface area (Å²) in [5.74, 6) is -1.38. The number of nitrogens with zero attached hydrogens (tertiary/aromatic N) is 1. The third-order valence-electron chi connectivity index (χ3n) is 2.55. The Morgan fingerprint density at radius 2 is 1.80 bits per heavy atom. The molecule has 0 spiro atoms. The number of methoxy groups -OCH3 is 1. The molecule has 0 aliphatic heterocycles. The fraction of sp³-hybridized carbons (Fsp3) is 0.0769. The Morgan fingerprint density at radius 3 is 2.35 bits per heavy atom. The first-order valence-electron chi connectivity index (χ1n) is 5.32. The van der Waals surface area contributed by atoms with Gasteiger partial charge in [-0.1, -0.05) is 34.8 Å². The summed E-state index contributed by atoms with van der Waals surface area (Å²) in [6.07, 6.45) is 1.09. The predicted molar refractivity (Wildman–Crippen MR) is 76.0 cm³/mol. The Balaban J connectivity index is 2.60. The number of pyridine rings is 1. The monoisotopic (exact) mass is 333 g/mol. The van der Waals surface area contributed by atoms with E-state index in [9.17, 15) is 9.18 Å². The summed E-state index contributed by atoms with van der Waals surface area (Å²) in [6, 6.07) is 4.19. The molecule has 0 aliphatic rings. The number of esters is 1. The maximum atomic E-state index is 13.8. The van der Waals surface area contributed by atoms with Crippen LogP contribution in [0.25, 0.3) is 11.1 Å². The van der Waals surface area contributed by atoms with Gasteiger partial charge in [0.15, 0.2) is 0 Å². The lowest BCUT2D eigenvalue weighted by atomic mass is 10.1. The Hall–Kier alpha value is -1.36. The Morgan fingerprint density at radius 1 is 1.20 bits per heavy atom. The quantitative estimate of drug-likeness (QED) is 0.456. The maximum absolute atomic E-state index is 13.8. The van der Waals surface area contributed by atoms with Crippen molar-refractivity contribution in [2.24, 2.45) is 0 Å². The zero-order valence-electron chi connectivity index (χ0n) is 10.1. The van der Waals surface area contributed by atoms with Crippen LogP contribution in [0.5, 0.6) is 0 Å². The number of hydrogen-bond acceptors (Lipinski definition) is 3. The van der Waals surface area contributed by atoms with Gasteiger partial charge in [0.25, 0.3) is 0 Å². The smallest absolute Gasteiger partial charge is 0.339 e. The molecule has 7 heteroatoms. The topological polar surface area (TPSA) is 39.2 Å². The van der Waals surface area contributed by atoms with E-state index in [1.54, 1.807) is 0 Å². The number of ether oxygens (including phenoxy) is 1. The number of aromatic nitrogens is 1. The van der Waals surface area contributed by atoms with Crippen molar-refractivity contribution in [2.75, 3.05) is 7.11 Å². The van der Waals surface area contributed by atoms with E-state index in [1.165, 1.54) is 25.3 Å². The summed E-state index contributed by atoms with van der Waals surface area (Å²) >= 11 is 17.6. The Labute approximate surface area is 129 Å². The summed E-state index contributed by atoms with van der Waals surface area (Å²) in [6.45, 7) is 0. The normalized spacial score (nSPS) is 10.4. The Kier molecular flexibility index (Phi) is 4.48. The number of halogens is 4. The summed E-state index contributed by atoms with van der Waals surface area (Å²) in [4.78, 5) is 15.0. The van der Waals surface area contributed by atoms with Crippen molar-refractivity contribution in [3.8, 4) is 11.1 Å². The third-order valence-corrected chi connectivity index (χ3v) is 3.75. The van der Waals surface area contributed by atoms with Crippen LogP contribution < -0.4 is 0 Å². The van der Waals surface area contributed by atoms with Gasteiger partial charge in [-0.25, -0.2) is 9.78 Å². The van der Waals surface area contributed by atoms with Gasteiger partial charge in [0.05, 0.1) is 27.7 Å². The van der Waals surface area contributed by atoms with E-state index < -0.39 is 11.9 Å². The molecule has 1 heterocycles. The molecule has 3 nitrogen and oxygen atoms in total. The number of carbonyl (C=O) groups is 1. The molecule has 0 aliphatic carbocycles. The highest BCUT2D eigenvalue weighted by atomic mass is 35.5. The van der Waals surface area contributed by atoms with Crippen LogP contribution in [0, 0.1) is 5.95 Å². The molecule has 20 heavy (non-hydrogen) atoms. The summed E-state index contributed by atoms with van der Waals surface area (Å²) in [7, 11) is 1.22. The highest BCUT2D eigenvalue weighted by molar-refractivity contribution is 6.48. The minimum absolute atomic E-state index is 0.0772. The second-order valence-corrected chi connectivity index (χ2v) is 5.00. The van der Waals surface area contributed by atoms with Crippen LogP contribution in [0.15, 0.2) is 24.4 Å². The first-order chi connectivity index (χ1) is 9.43. The lowest BCUT2D eigenvalue weighted by molar-refractivity contribution is 0.0600. The van der Waals surface area contributed by atoms with Crippen molar-refractivity contribution < 1.29 is 13.9 Å². The SMILES string of the molecule is COC(=O)c1cnc(F)c(-c2cc(Cl)c(Cl)c(Cl)c2)c1. The number of rotatable bonds is 2. The highest BCUT2D eigenvalue weighted by Crippen LogP contribution is 2.35. The molecule has 0 amide bonds. The second kappa shape index (κ2) is 5.95. The van der Waals surface area contributed by atoms with E-state index >= 15 is 0 Å². The number of hydrogen-bond donors (Lipinski definition) is 0. The number of benzene rings is 1. The molecule has 0 atom stereocenters. The van der Waals surface area contributed by atoms with Gasteiger partial charge in [-0.3, -0.25) is 0 Å². The molecule has 0 bridgehead atoms. The van der Waals surface area contributed by atoms with Crippen LogP contribution in [0.2, 0.25) is 15.1 Å². The van der Waals surface area contributed by atoms with E-state index in [1.807, 2.05) is 0 Å². The summed E-state index contributed by atoms with van der Waals surface area (Å²) in [5.41, 5.74) is 0.555.